The number of rotatable bonds is 2. The lowest BCUT2D eigenvalue weighted by Gasteiger charge is -1.98. The third-order valence-electron chi connectivity index (χ3n) is 1.99. The molecule has 0 unspecified atom stereocenters. The zero-order valence-electron chi connectivity index (χ0n) is 7.73. The highest BCUT2D eigenvalue weighted by molar-refractivity contribution is 7.18. The second-order valence-electron chi connectivity index (χ2n) is 2.94. The van der Waals surface area contributed by atoms with Crippen LogP contribution in [0.25, 0.3) is 10.4 Å². The Labute approximate surface area is 87.4 Å². The normalized spacial score (nSPS) is 10.4. The van der Waals surface area contributed by atoms with Crippen LogP contribution in [0.15, 0.2) is 30.3 Å². The molecular weight excluding hydrogens is 192 g/mol. The Hall–Kier alpha value is -1.35. The molecule has 0 aliphatic rings. The van der Waals surface area contributed by atoms with Gasteiger partial charge in [0, 0.05) is 0 Å². The number of nitrogen functional groups attached to an aromatic ring is 1. The van der Waals surface area contributed by atoms with Crippen LogP contribution in [-0.2, 0) is 6.42 Å². The van der Waals surface area contributed by atoms with Crippen molar-refractivity contribution in [2.24, 2.45) is 0 Å². The van der Waals surface area contributed by atoms with Crippen LogP contribution in [0, 0.1) is 6.92 Å². The number of nitrogens with zero attached hydrogens (tertiary/aromatic N) is 1. The van der Waals surface area contributed by atoms with Gasteiger partial charge in [0.05, 0.1) is 10.6 Å². The summed E-state index contributed by atoms with van der Waals surface area (Å²) in [6, 6.07) is 10.1. The van der Waals surface area contributed by atoms with E-state index in [-0.39, 0.29) is 0 Å². The largest absolute Gasteiger partial charge is 0.375 e. The molecule has 1 aromatic heterocycles. The molecule has 2 N–H and O–H groups in total. The molecule has 1 aromatic carbocycles. The Kier molecular flexibility index (Phi) is 2.50. The number of nitrogens with two attached hydrogens (primary N) is 1. The minimum atomic E-state index is 0.613. The van der Waals surface area contributed by atoms with Gasteiger partial charge in [-0.1, -0.05) is 41.7 Å². The van der Waals surface area contributed by atoms with Crippen molar-refractivity contribution in [2.75, 3.05) is 5.73 Å². The Morgan fingerprint density at radius 1 is 1.29 bits per heavy atom. The molecule has 0 amide bonds. The van der Waals surface area contributed by atoms with E-state index >= 15 is 0 Å². The SMILES string of the molecule is [CH2]Cc1nc(N)sc1-c1ccccc1. The molecule has 14 heavy (non-hydrogen) atoms. The molecule has 2 aromatic rings. The van der Waals surface area contributed by atoms with Crippen LogP contribution in [-0.4, -0.2) is 4.98 Å². The molecule has 1 heterocycles. The fourth-order valence-corrected chi connectivity index (χ4v) is 2.24. The monoisotopic (exact) mass is 203 g/mol. The summed E-state index contributed by atoms with van der Waals surface area (Å²) in [6.07, 6.45) is 0.678. The van der Waals surface area contributed by atoms with Gasteiger partial charge >= 0.3 is 0 Å². The second kappa shape index (κ2) is 3.80. The quantitative estimate of drug-likeness (QED) is 0.815. The summed E-state index contributed by atoms with van der Waals surface area (Å²) in [6.45, 7) is 3.84. The zero-order valence-corrected chi connectivity index (χ0v) is 8.55. The van der Waals surface area contributed by atoms with Crippen molar-refractivity contribution in [1.29, 1.82) is 0 Å². The van der Waals surface area contributed by atoms with Gasteiger partial charge in [0.25, 0.3) is 0 Å². The number of hydrogen-bond acceptors (Lipinski definition) is 3. The van der Waals surface area contributed by atoms with Crippen LogP contribution < -0.4 is 5.73 Å². The van der Waals surface area contributed by atoms with E-state index in [9.17, 15) is 0 Å². The van der Waals surface area contributed by atoms with Crippen molar-refractivity contribution in [3.8, 4) is 10.4 Å². The van der Waals surface area contributed by atoms with Gasteiger partial charge in [-0.05, 0) is 18.9 Å². The van der Waals surface area contributed by atoms with Gasteiger partial charge in [-0.15, -0.1) is 0 Å². The minimum Gasteiger partial charge on any atom is -0.375 e. The van der Waals surface area contributed by atoms with Crippen LogP contribution >= 0.6 is 11.3 Å². The maximum atomic E-state index is 5.67. The van der Waals surface area contributed by atoms with Crippen molar-refractivity contribution in [3.63, 3.8) is 0 Å². The summed E-state index contributed by atoms with van der Waals surface area (Å²) in [7, 11) is 0. The zero-order chi connectivity index (χ0) is 9.97. The number of aromatic nitrogens is 1. The first-order valence-electron chi connectivity index (χ1n) is 4.41. The fourth-order valence-electron chi connectivity index (χ4n) is 1.35. The van der Waals surface area contributed by atoms with Crippen molar-refractivity contribution in [2.45, 2.75) is 6.42 Å². The second-order valence-corrected chi connectivity index (χ2v) is 3.97. The molecule has 0 saturated heterocycles. The van der Waals surface area contributed by atoms with Crippen LogP contribution in [0.2, 0.25) is 0 Å². The van der Waals surface area contributed by atoms with E-state index in [1.54, 1.807) is 0 Å². The molecule has 0 atom stereocenters. The molecular formula is C11H11N2S. The van der Waals surface area contributed by atoms with Crippen LogP contribution in [0.3, 0.4) is 0 Å². The summed E-state index contributed by atoms with van der Waals surface area (Å²) >= 11 is 1.52. The van der Waals surface area contributed by atoms with Crippen LogP contribution in [0.4, 0.5) is 5.13 Å². The Balaban J connectivity index is 2.51. The third kappa shape index (κ3) is 1.63. The topological polar surface area (TPSA) is 38.9 Å². The Morgan fingerprint density at radius 3 is 2.64 bits per heavy atom. The van der Waals surface area contributed by atoms with Gasteiger partial charge in [-0.2, -0.15) is 0 Å². The lowest BCUT2D eigenvalue weighted by atomic mass is 10.1. The van der Waals surface area contributed by atoms with E-state index < -0.39 is 0 Å². The predicted octanol–water partition coefficient (Wildman–Crippen LogP) is 2.77. The van der Waals surface area contributed by atoms with Gasteiger partial charge in [0.2, 0.25) is 0 Å². The third-order valence-corrected chi connectivity index (χ3v) is 2.96. The molecule has 0 saturated carbocycles. The number of benzene rings is 1. The minimum absolute atomic E-state index is 0.613. The van der Waals surface area contributed by atoms with E-state index in [1.807, 2.05) is 18.2 Å². The number of hydrogen-bond donors (Lipinski definition) is 1. The molecule has 0 bridgehead atoms. The summed E-state index contributed by atoms with van der Waals surface area (Å²) in [4.78, 5) is 5.38. The standard InChI is InChI=1S/C11H11N2S/c1-2-9-10(14-11(12)13-9)8-6-4-3-5-7-8/h3-7H,1-2H2,(H2,12,13). The van der Waals surface area contributed by atoms with Gasteiger partial charge < -0.3 is 5.73 Å². The average Bonchev–Trinajstić information content (AvgIpc) is 2.61. The molecule has 1 radical (unpaired) electrons. The first-order valence-corrected chi connectivity index (χ1v) is 5.22. The Bertz CT molecular complexity index is 420. The lowest BCUT2D eigenvalue weighted by molar-refractivity contribution is 1.16. The van der Waals surface area contributed by atoms with Crippen molar-refractivity contribution < 1.29 is 0 Å². The number of anilines is 1. The highest BCUT2D eigenvalue weighted by Gasteiger charge is 2.08. The molecule has 0 aliphatic carbocycles. The van der Waals surface area contributed by atoms with Gasteiger partial charge in [0.1, 0.15) is 0 Å². The van der Waals surface area contributed by atoms with E-state index in [2.05, 4.69) is 24.0 Å². The van der Waals surface area contributed by atoms with E-state index in [4.69, 9.17) is 5.73 Å². The summed E-state index contributed by atoms with van der Waals surface area (Å²) in [5.74, 6) is 0. The molecule has 0 fully saturated rings. The van der Waals surface area contributed by atoms with Gasteiger partial charge in [-0.3, -0.25) is 0 Å². The number of thiazole rings is 1. The fraction of sp³-hybridized carbons (Fsp3) is 0.0909. The summed E-state index contributed by atoms with van der Waals surface area (Å²) in [5.41, 5.74) is 7.82. The van der Waals surface area contributed by atoms with E-state index in [0.29, 0.717) is 11.6 Å². The average molecular weight is 203 g/mol. The lowest BCUT2D eigenvalue weighted by Crippen LogP contribution is -1.86. The van der Waals surface area contributed by atoms with Crippen LogP contribution in [0.1, 0.15) is 5.69 Å². The maximum absolute atomic E-state index is 5.67. The smallest absolute Gasteiger partial charge is 0.180 e. The Morgan fingerprint density at radius 2 is 2.00 bits per heavy atom. The van der Waals surface area contributed by atoms with Gasteiger partial charge in [0.15, 0.2) is 5.13 Å². The summed E-state index contributed by atoms with van der Waals surface area (Å²) < 4.78 is 0. The maximum Gasteiger partial charge on any atom is 0.180 e. The van der Waals surface area contributed by atoms with Crippen molar-refractivity contribution in [3.05, 3.63) is 42.9 Å². The highest BCUT2D eigenvalue weighted by atomic mass is 32.1. The molecule has 2 nitrogen and oxygen atoms in total. The van der Waals surface area contributed by atoms with E-state index in [0.717, 1.165) is 10.6 Å². The van der Waals surface area contributed by atoms with Crippen molar-refractivity contribution in [1.82, 2.24) is 4.98 Å². The molecule has 0 spiro atoms. The molecule has 3 heteroatoms. The predicted molar refractivity (Wildman–Crippen MR) is 61.0 cm³/mol. The van der Waals surface area contributed by atoms with E-state index in [1.165, 1.54) is 16.9 Å². The molecule has 2 rings (SSSR count). The van der Waals surface area contributed by atoms with Gasteiger partial charge in [-0.25, -0.2) is 4.98 Å². The summed E-state index contributed by atoms with van der Waals surface area (Å²) in [5, 5.41) is 0.613. The first kappa shape index (κ1) is 9.21. The van der Waals surface area contributed by atoms with Crippen molar-refractivity contribution >= 4 is 16.5 Å². The molecule has 0 aliphatic heterocycles. The first-order chi connectivity index (χ1) is 6.81. The highest BCUT2D eigenvalue weighted by Crippen LogP contribution is 2.31. The van der Waals surface area contributed by atoms with Crippen LogP contribution in [0.5, 0.6) is 0 Å². The molecule has 71 valence electrons.